The summed E-state index contributed by atoms with van der Waals surface area (Å²) in [5, 5.41) is 4.95. The van der Waals surface area contributed by atoms with E-state index >= 15 is 0 Å². The highest BCUT2D eigenvalue weighted by atomic mass is 32.1. The summed E-state index contributed by atoms with van der Waals surface area (Å²) in [6, 6.07) is 9.52. The second-order valence-corrected chi connectivity index (χ2v) is 5.31. The van der Waals surface area contributed by atoms with E-state index in [9.17, 15) is 9.18 Å². The van der Waals surface area contributed by atoms with Crippen LogP contribution in [0.25, 0.3) is 6.08 Å². The van der Waals surface area contributed by atoms with Gasteiger partial charge in [-0.1, -0.05) is 6.07 Å². The minimum absolute atomic E-state index is 0.208. The van der Waals surface area contributed by atoms with E-state index in [4.69, 9.17) is 12.2 Å². The molecule has 1 heterocycles. The quantitative estimate of drug-likeness (QED) is 0.462. The molecule has 21 heavy (non-hydrogen) atoms. The van der Waals surface area contributed by atoms with E-state index in [2.05, 4.69) is 16.2 Å². The Balaban J connectivity index is 1.75. The third-order valence-corrected chi connectivity index (χ3v) is 3.39. The molecule has 0 unspecified atom stereocenters. The fraction of sp³-hybridized carbons (Fsp3) is 0. The number of carbonyl (C=O) groups excluding carboxylic acids is 1. The topological polar surface area (TPSA) is 53.2 Å². The molecule has 0 aliphatic rings. The normalized spacial score (nSPS) is 10.3. The number of halogens is 1. The molecule has 0 saturated carbocycles. The van der Waals surface area contributed by atoms with Gasteiger partial charge >= 0.3 is 0 Å². The molecule has 0 bridgehead atoms. The average Bonchev–Trinajstić information content (AvgIpc) is 2.99. The SMILES string of the molecule is O=C(/C=C/c1cccs1)NNC(=S)Nc1ccc(F)cc1. The summed E-state index contributed by atoms with van der Waals surface area (Å²) >= 11 is 6.53. The Hall–Kier alpha value is -2.25. The molecule has 108 valence electrons. The third-order valence-electron chi connectivity index (χ3n) is 2.34. The monoisotopic (exact) mass is 321 g/mol. The Morgan fingerprint density at radius 2 is 1.95 bits per heavy atom. The lowest BCUT2D eigenvalue weighted by molar-refractivity contribution is -0.116. The van der Waals surface area contributed by atoms with Gasteiger partial charge in [-0.05, 0) is 54.0 Å². The van der Waals surface area contributed by atoms with E-state index in [0.29, 0.717) is 5.69 Å². The first-order chi connectivity index (χ1) is 10.1. The van der Waals surface area contributed by atoms with Crippen LogP contribution >= 0.6 is 23.6 Å². The number of thiocarbonyl (C=S) groups is 1. The highest BCUT2D eigenvalue weighted by Crippen LogP contribution is 2.10. The van der Waals surface area contributed by atoms with Gasteiger partial charge in [-0.25, -0.2) is 4.39 Å². The first-order valence-corrected chi connectivity index (χ1v) is 7.26. The van der Waals surface area contributed by atoms with Gasteiger partial charge in [-0.15, -0.1) is 11.3 Å². The first kappa shape index (κ1) is 15.1. The van der Waals surface area contributed by atoms with Crippen molar-refractivity contribution in [2.75, 3.05) is 5.32 Å². The Labute approximate surface area is 130 Å². The van der Waals surface area contributed by atoms with Crippen LogP contribution < -0.4 is 16.2 Å². The minimum atomic E-state index is -0.327. The summed E-state index contributed by atoms with van der Waals surface area (Å²) in [4.78, 5) is 12.5. The molecule has 1 amide bonds. The lowest BCUT2D eigenvalue weighted by Crippen LogP contribution is -2.43. The van der Waals surface area contributed by atoms with E-state index in [0.717, 1.165) is 4.88 Å². The molecule has 7 heteroatoms. The van der Waals surface area contributed by atoms with Crippen molar-refractivity contribution >= 4 is 46.3 Å². The van der Waals surface area contributed by atoms with Crippen molar-refractivity contribution in [1.29, 1.82) is 0 Å². The molecule has 1 aromatic carbocycles. The Morgan fingerprint density at radius 1 is 1.19 bits per heavy atom. The fourth-order valence-corrected chi connectivity index (χ4v) is 2.19. The molecule has 0 saturated heterocycles. The number of benzene rings is 1. The van der Waals surface area contributed by atoms with Crippen molar-refractivity contribution in [3.8, 4) is 0 Å². The molecule has 0 atom stereocenters. The van der Waals surface area contributed by atoms with Gasteiger partial charge in [0.2, 0.25) is 0 Å². The second-order valence-electron chi connectivity index (χ2n) is 3.92. The molecule has 2 aromatic rings. The highest BCUT2D eigenvalue weighted by Gasteiger charge is 1.99. The lowest BCUT2D eigenvalue weighted by atomic mass is 10.3. The molecular formula is C14H12FN3OS2. The van der Waals surface area contributed by atoms with Gasteiger partial charge in [0.05, 0.1) is 0 Å². The van der Waals surface area contributed by atoms with Crippen molar-refractivity contribution in [3.63, 3.8) is 0 Å². The lowest BCUT2D eigenvalue weighted by Gasteiger charge is -2.10. The molecule has 4 nitrogen and oxygen atoms in total. The van der Waals surface area contributed by atoms with Crippen LogP contribution in [0.5, 0.6) is 0 Å². The standard InChI is InChI=1S/C14H12FN3OS2/c15-10-3-5-11(6-4-10)16-14(20)18-17-13(19)8-7-12-2-1-9-21-12/h1-9H,(H,17,19)(H2,16,18,20)/b8-7+. The van der Waals surface area contributed by atoms with Crippen LogP contribution in [0.3, 0.4) is 0 Å². The van der Waals surface area contributed by atoms with Gasteiger partial charge in [0.25, 0.3) is 5.91 Å². The molecule has 2 rings (SSSR count). The average molecular weight is 321 g/mol. The van der Waals surface area contributed by atoms with Crippen molar-refractivity contribution in [3.05, 3.63) is 58.5 Å². The second kappa shape index (κ2) is 7.51. The zero-order valence-corrected chi connectivity index (χ0v) is 12.4. The summed E-state index contributed by atoms with van der Waals surface area (Å²) in [6.07, 6.45) is 3.11. The van der Waals surface area contributed by atoms with Crippen LogP contribution in [0.4, 0.5) is 10.1 Å². The number of rotatable bonds is 3. The Bertz CT molecular complexity index is 639. The van der Waals surface area contributed by atoms with Gasteiger partial charge < -0.3 is 5.32 Å². The summed E-state index contributed by atoms with van der Waals surface area (Å²) in [6.45, 7) is 0. The number of hydrazine groups is 1. The van der Waals surface area contributed by atoms with Crippen LogP contribution in [-0.4, -0.2) is 11.0 Å². The summed E-state index contributed by atoms with van der Waals surface area (Å²) < 4.78 is 12.7. The number of hydrogen-bond donors (Lipinski definition) is 3. The van der Waals surface area contributed by atoms with Crippen molar-refractivity contribution in [2.24, 2.45) is 0 Å². The summed E-state index contributed by atoms with van der Waals surface area (Å²) in [5.74, 6) is -0.655. The Morgan fingerprint density at radius 3 is 2.62 bits per heavy atom. The molecule has 0 radical (unpaired) electrons. The molecule has 0 spiro atoms. The first-order valence-electron chi connectivity index (χ1n) is 5.97. The van der Waals surface area contributed by atoms with E-state index in [1.807, 2.05) is 17.5 Å². The number of nitrogens with one attached hydrogen (secondary N) is 3. The zero-order chi connectivity index (χ0) is 15.1. The van der Waals surface area contributed by atoms with Crippen molar-refractivity contribution in [2.45, 2.75) is 0 Å². The number of thiophene rings is 1. The van der Waals surface area contributed by atoms with E-state index in [1.165, 1.54) is 29.5 Å². The number of carbonyl (C=O) groups is 1. The fourth-order valence-electron chi connectivity index (χ4n) is 1.40. The molecule has 1 aromatic heterocycles. The zero-order valence-electron chi connectivity index (χ0n) is 10.8. The van der Waals surface area contributed by atoms with E-state index in [1.54, 1.807) is 18.2 Å². The largest absolute Gasteiger partial charge is 0.331 e. The summed E-state index contributed by atoms with van der Waals surface area (Å²) in [5.41, 5.74) is 5.60. The van der Waals surface area contributed by atoms with Crippen LogP contribution in [0.2, 0.25) is 0 Å². The number of anilines is 1. The van der Waals surface area contributed by atoms with Gasteiger partial charge in [-0.2, -0.15) is 0 Å². The van der Waals surface area contributed by atoms with Gasteiger partial charge in [0, 0.05) is 16.6 Å². The van der Waals surface area contributed by atoms with Crippen molar-refractivity contribution < 1.29 is 9.18 Å². The van der Waals surface area contributed by atoms with E-state index < -0.39 is 0 Å². The van der Waals surface area contributed by atoms with Crippen LogP contribution in [0.1, 0.15) is 4.88 Å². The van der Waals surface area contributed by atoms with Crippen LogP contribution in [0, 0.1) is 5.82 Å². The van der Waals surface area contributed by atoms with Crippen molar-refractivity contribution in [1.82, 2.24) is 10.9 Å². The van der Waals surface area contributed by atoms with Gasteiger partial charge in [0.1, 0.15) is 5.82 Å². The molecule has 0 fully saturated rings. The molecule has 0 aliphatic carbocycles. The predicted octanol–water partition coefficient (Wildman–Crippen LogP) is 2.92. The summed E-state index contributed by atoms with van der Waals surface area (Å²) in [7, 11) is 0. The maximum absolute atomic E-state index is 12.7. The molecule has 0 aliphatic heterocycles. The van der Waals surface area contributed by atoms with Gasteiger partial charge in [0.15, 0.2) is 5.11 Å². The maximum Gasteiger partial charge on any atom is 0.262 e. The predicted molar refractivity (Wildman–Crippen MR) is 87.3 cm³/mol. The van der Waals surface area contributed by atoms with Crippen LogP contribution in [0.15, 0.2) is 47.9 Å². The minimum Gasteiger partial charge on any atom is -0.331 e. The van der Waals surface area contributed by atoms with Gasteiger partial charge in [-0.3, -0.25) is 15.6 Å². The molecule has 3 N–H and O–H groups in total. The number of hydrogen-bond acceptors (Lipinski definition) is 3. The van der Waals surface area contributed by atoms with E-state index in [-0.39, 0.29) is 16.8 Å². The molecular weight excluding hydrogens is 309 g/mol. The van der Waals surface area contributed by atoms with Crippen LogP contribution in [-0.2, 0) is 4.79 Å². The highest BCUT2D eigenvalue weighted by molar-refractivity contribution is 7.80. The smallest absolute Gasteiger partial charge is 0.262 e. The maximum atomic E-state index is 12.7. The third kappa shape index (κ3) is 5.33. The number of amides is 1. The Kier molecular flexibility index (Phi) is 5.42.